The van der Waals surface area contributed by atoms with Crippen molar-refractivity contribution in [3.63, 3.8) is 0 Å². The van der Waals surface area contributed by atoms with Gasteiger partial charge in [-0.15, -0.1) is 0 Å². The normalized spacial score (nSPS) is 20.3. The summed E-state index contributed by atoms with van der Waals surface area (Å²) in [7, 11) is 0. The molecule has 3 rings (SSSR count). The monoisotopic (exact) mass is 189 g/mol. The maximum atomic E-state index is 13.6. The van der Waals surface area contributed by atoms with Gasteiger partial charge in [-0.25, -0.2) is 4.39 Å². The van der Waals surface area contributed by atoms with Crippen LogP contribution in [0.25, 0.3) is 10.9 Å². The fourth-order valence-electron chi connectivity index (χ4n) is 2.44. The minimum Gasteiger partial charge on any atom is -0.347 e. The van der Waals surface area contributed by atoms with Gasteiger partial charge in [-0.05, 0) is 30.5 Å². The molecule has 0 saturated carbocycles. The van der Waals surface area contributed by atoms with E-state index in [1.165, 1.54) is 0 Å². The van der Waals surface area contributed by atoms with Gasteiger partial charge in [0.15, 0.2) is 0 Å². The third-order valence-corrected chi connectivity index (χ3v) is 3.04. The Balaban J connectivity index is 2.41. The SMILES string of the molecule is CC1Cc2c(F)ccc3ccn(c23)C1. The fraction of sp³-hybridized carbons (Fsp3) is 0.333. The molecule has 1 unspecified atom stereocenters. The lowest BCUT2D eigenvalue weighted by Gasteiger charge is -2.21. The number of hydrogen-bond acceptors (Lipinski definition) is 0. The van der Waals surface area contributed by atoms with Gasteiger partial charge >= 0.3 is 0 Å². The van der Waals surface area contributed by atoms with Gasteiger partial charge in [-0.3, -0.25) is 0 Å². The minimum atomic E-state index is -0.0519. The Morgan fingerprint density at radius 1 is 1.36 bits per heavy atom. The minimum absolute atomic E-state index is 0.0519. The van der Waals surface area contributed by atoms with E-state index in [9.17, 15) is 4.39 Å². The largest absolute Gasteiger partial charge is 0.347 e. The van der Waals surface area contributed by atoms with Crippen LogP contribution in [-0.4, -0.2) is 4.57 Å². The first-order chi connectivity index (χ1) is 6.75. The Labute approximate surface area is 82.2 Å². The van der Waals surface area contributed by atoms with Crippen LogP contribution >= 0.6 is 0 Å². The van der Waals surface area contributed by atoms with E-state index in [2.05, 4.69) is 23.8 Å². The molecule has 1 atom stereocenters. The van der Waals surface area contributed by atoms with E-state index in [4.69, 9.17) is 0 Å². The van der Waals surface area contributed by atoms with Gasteiger partial charge in [0.05, 0.1) is 5.52 Å². The molecule has 0 fully saturated rings. The lowest BCUT2D eigenvalue weighted by Crippen LogP contribution is -2.16. The van der Waals surface area contributed by atoms with Crippen LogP contribution < -0.4 is 0 Å². The summed E-state index contributed by atoms with van der Waals surface area (Å²) in [5, 5.41) is 1.16. The summed E-state index contributed by atoms with van der Waals surface area (Å²) in [5.41, 5.74) is 1.99. The Bertz CT molecular complexity index is 498. The standard InChI is InChI=1S/C12H12FN/c1-8-6-10-11(13)3-2-9-4-5-14(7-8)12(9)10/h2-5,8H,6-7H2,1H3. The van der Waals surface area contributed by atoms with Crippen molar-refractivity contribution in [2.24, 2.45) is 5.92 Å². The number of nitrogens with zero attached hydrogens (tertiary/aromatic N) is 1. The maximum Gasteiger partial charge on any atom is 0.128 e. The summed E-state index contributed by atoms with van der Waals surface area (Å²) in [4.78, 5) is 0. The average Bonchev–Trinajstić information content (AvgIpc) is 2.55. The highest BCUT2D eigenvalue weighted by atomic mass is 19.1. The molecular formula is C12H12FN. The first-order valence-electron chi connectivity index (χ1n) is 5.02. The third kappa shape index (κ3) is 0.939. The number of halogens is 1. The van der Waals surface area contributed by atoms with Crippen LogP contribution in [-0.2, 0) is 13.0 Å². The zero-order chi connectivity index (χ0) is 9.71. The first kappa shape index (κ1) is 8.04. The van der Waals surface area contributed by atoms with Crippen molar-refractivity contribution in [3.05, 3.63) is 35.8 Å². The molecule has 2 heteroatoms. The van der Waals surface area contributed by atoms with Crippen LogP contribution in [0.4, 0.5) is 4.39 Å². The van der Waals surface area contributed by atoms with Gasteiger partial charge in [0.25, 0.3) is 0 Å². The van der Waals surface area contributed by atoms with Crippen molar-refractivity contribution in [1.82, 2.24) is 4.57 Å². The van der Waals surface area contributed by atoms with Crippen molar-refractivity contribution in [3.8, 4) is 0 Å². The summed E-state index contributed by atoms with van der Waals surface area (Å²) < 4.78 is 15.7. The maximum absolute atomic E-state index is 13.6. The van der Waals surface area contributed by atoms with E-state index in [1.807, 2.05) is 6.07 Å². The number of aromatic nitrogens is 1. The number of hydrogen-bond donors (Lipinski definition) is 0. The van der Waals surface area contributed by atoms with Crippen molar-refractivity contribution in [2.45, 2.75) is 19.9 Å². The molecule has 0 amide bonds. The molecule has 0 saturated heterocycles. The highest BCUT2D eigenvalue weighted by Crippen LogP contribution is 2.30. The summed E-state index contributed by atoms with van der Waals surface area (Å²) in [5.74, 6) is 0.485. The van der Waals surface area contributed by atoms with Crippen molar-refractivity contribution in [2.75, 3.05) is 0 Å². The number of rotatable bonds is 0. The smallest absolute Gasteiger partial charge is 0.128 e. The molecule has 0 N–H and O–H groups in total. The molecule has 2 aromatic rings. The van der Waals surface area contributed by atoms with Gasteiger partial charge in [0.1, 0.15) is 5.82 Å². The van der Waals surface area contributed by atoms with Crippen LogP contribution in [0.5, 0.6) is 0 Å². The molecule has 1 nitrogen and oxygen atoms in total. The molecule has 2 heterocycles. The quantitative estimate of drug-likeness (QED) is 0.600. The topological polar surface area (TPSA) is 4.93 Å². The Kier molecular flexibility index (Phi) is 1.49. The molecule has 14 heavy (non-hydrogen) atoms. The van der Waals surface area contributed by atoms with Gasteiger partial charge < -0.3 is 4.57 Å². The van der Waals surface area contributed by atoms with Crippen molar-refractivity contribution < 1.29 is 4.39 Å². The summed E-state index contributed by atoms with van der Waals surface area (Å²) >= 11 is 0. The Hall–Kier alpha value is -1.31. The molecule has 1 aromatic heterocycles. The Morgan fingerprint density at radius 3 is 3.07 bits per heavy atom. The second-order valence-electron chi connectivity index (χ2n) is 4.24. The summed E-state index contributed by atoms with van der Waals surface area (Å²) in [6.07, 6.45) is 2.93. The molecule has 72 valence electrons. The van der Waals surface area contributed by atoms with Crippen LogP contribution in [0, 0.1) is 11.7 Å². The highest BCUT2D eigenvalue weighted by molar-refractivity contribution is 5.84. The summed E-state index contributed by atoms with van der Waals surface area (Å²) in [6, 6.07) is 5.51. The molecule has 0 spiro atoms. The van der Waals surface area contributed by atoms with Gasteiger partial charge in [0, 0.05) is 23.7 Å². The second-order valence-corrected chi connectivity index (χ2v) is 4.24. The molecule has 1 aromatic carbocycles. The molecule has 0 bridgehead atoms. The average molecular weight is 189 g/mol. The zero-order valence-electron chi connectivity index (χ0n) is 8.13. The van der Waals surface area contributed by atoms with Crippen molar-refractivity contribution in [1.29, 1.82) is 0 Å². The predicted octanol–water partition coefficient (Wildman–Crippen LogP) is 2.97. The second kappa shape index (κ2) is 2.59. The van der Waals surface area contributed by atoms with Crippen LogP contribution in [0.1, 0.15) is 12.5 Å². The van der Waals surface area contributed by atoms with E-state index in [-0.39, 0.29) is 5.82 Å². The molecule has 0 radical (unpaired) electrons. The lowest BCUT2D eigenvalue weighted by molar-refractivity contribution is 0.457. The van der Waals surface area contributed by atoms with Crippen molar-refractivity contribution >= 4 is 10.9 Å². The van der Waals surface area contributed by atoms with Gasteiger partial charge in [-0.1, -0.05) is 6.92 Å². The van der Waals surface area contributed by atoms with E-state index < -0.39 is 0 Å². The van der Waals surface area contributed by atoms with E-state index in [0.717, 1.165) is 29.4 Å². The van der Waals surface area contributed by atoms with Gasteiger partial charge in [-0.2, -0.15) is 0 Å². The molecule has 0 aliphatic carbocycles. The fourth-order valence-corrected chi connectivity index (χ4v) is 2.44. The molecule has 1 aliphatic rings. The van der Waals surface area contributed by atoms with Crippen LogP contribution in [0.15, 0.2) is 24.4 Å². The first-order valence-corrected chi connectivity index (χ1v) is 5.02. The van der Waals surface area contributed by atoms with Crippen LogP contribution in [0.3, 0.4) is 0 Å². The van der Waals surface area contributed by atoms with Gasteiger partial charge in [0.2, 0.25) is 0 Å². The molecular weight excluding hydrogens is 177 g/mol. The highest BCUT2D eigenvalue weighted by Gasteiger charge is 2.19. The zero-order valence-corrected chi connectivity index (χ0v) is 8.13. The van der Waals surface area contributed by atoms with Crippen LogP contribution in [0.2, 0.25) is 0 Å². The number of benzene rings is 1. The summed E-state index contributed by atoms with van der Waals surface area (Å²) in [6.45, 7) is 3.18. The van der Waals surface area contributed by atoms with E-state index in [0.29, 0.717) is 5.92 Å². The Morgan fingerprint density at radius 2 is 2.21 bits per heavy atom. The predicted molar refractivity (Wildman–Crippen MR) is 54.8 cm³/mol. The lowest BCUT2D eigenvalue weighted by atomic mass is 9.95. The third-order valence-electron chi connectivity index (χ3n) is 3.04. The van der Waals surface area contributed by atoms with E-state index >= 15 is 0 Å². The van der Waals surface area contributed by atoms with E-state index in [1.54, 1.807) is 6.07 Å². The molecule has 1 aliphatic heterocycles.